The first-order chi connectivity index (χ1) is 9.28. The topological polar surface area (TPSA) is 53.6 Å². The average molecular weight is 283 g/mol. The first-order valence-corrected chi connectivity index (χ1v) is 7.71. The quantitative estimate of drug-likeness (QED) is 0.825. The summed E-state index contributed by atoms with van der Waals surface area (Å²) < 4.78 is 5.37. The molecule has 1 amide bonds. The number of alkyl carbamates (subject to hydrolysis) is 1. The van der Waals surface area contributed by atoms with Crippen molar-refractivity contribution in [1.82, 2.24) is 15.5 Å². The number of likely N-dealkylation sites (N-methyl/N-ethyl adjacent to an activating group) is 1. The van der Waals surface area contributed by atoms with Crippen LogP contribution in [0.2, 0.25) is 0 Å². The maximum absolute atomic E-state index is 11.9. The number of amides is 1. The second-order valence-corrected chi connectivity index (χ2v) is 7.39. The zero-order valence-electron chi connectivity index (χ0n) is 13.3. The van der Waals surface area contributed by atoms with E-state index in [-0.39, 0.29) is 11.6 Å². The van der Waals surface area contributed by atoms with Crippen LogP contribution in [0, 0.1) is 0 Å². The van der Waals surface area contributed by atoms with Crippen molar-refractivity contribution in [1.29, 1.82) is 0 Å². The van der Waals surface area contributed by atoms with E-state index in [1.165, 1.54) is 12.8 Å². The van der Waals surface area contributed by atoms with Gasteiger partial charge >= 0.3 is 6.09 Å². The first kappa shape index (κ1) is 15.6. The van der Waals surface area contributed by atoms with E-state index < -0.39 is 5.60 Å². The highest BCUT2D eigenvalue weighted by molar-refractivity contribution is 5.69. The van der Waals surface area contributed by atoms with Crippen molar-refractivity contribution < 1.29 is 9.53 Å². The molecule has 0 bridgehead atoms. The van der Waals surface area contributed by atoms with Crippen molar-refractivity contribution in [2.24, 2.45) is 0 Å². The summed E-state index contributed by atoms with van der Waals surface area (Å²) in [6.07, 6.45) is 4.17. The van der Waals surface area contributed by atoms with Gasteiger partial charge in [-0.2, -0.15) is 0 Å². The minimum absolute atomic E-state index is 0.0938. The smallest absolute Gasteiger partial charge is 0.408 e. The molecule has 0 aromatic heterocycles. The molecular formula is C15H29N3O2. The number of rotatable bonds is 4. The van der Waals surface area contributed by atoms with Crippen molar-refractivity contribution in [2.75, 3.05) is 26.7 Å². The molecule has 0 spiro atoms. The van der Waals surface area contributed by atoms with Gasteiger partial charge in [-0.05, 0) is 60.0 Å². The van der Waals surface area contributed by atoms with Crippen LogP contribution in [0.15, 0.2) is 0 Å². The molecule has 1 heterocycles. The summed E-state index contributed by atoms with van der Waals surface area (Å²) in [6, 6.07) is 0.554. The van der Waals surface area contributed by atoms with E-state index in [4.69, 9.17) is 4.74 Å². The summed E-state index contributed by atoms with van der Waals surface area (Å²) in [6.45, 7) is 8.79. The van der Waals surface area contributed by atoms with Crippen LogP contribution in [0.25, 0.3) is 0 Å². The van der Waals surface area contributed by atoms with E-state index in [1.54, 1.807) is 0 Å². The van der Waals surface area contributed by atoms with Gasteiger partial charge in [-0.1, -0.05) is 0 Å². The van der Waals surface area contributed by atoms with Crippen LogP contribution in [0.5, 0.6) is 0 Å². The fraction of sp³-hybridized carbons (Fsp3) is 0.933. The first-order valence-electron chi connectivity index (χ1n) is 7.71. The van der Waals surface area contributed by atoms with Crippen molar-refractivity contribution >= 4 is 6.09 Å². The lowest BCUT2D eigenvalue weighted by atomic mass is 9.76. The lowest BCUT2D eigenvalue weighted by Crippen LogP contribution is -2.61. The normalized spacial score (nSPS) is 26.1. The number of likely N-dealkylation sites (tertiary alicyclic amines) is 1. The Morgan fingerprint density at radius 1 is 1.40 bits per heavy atom. The monoisotopic (exact) mass is 283 g/mol. The molecule has 5 heteroatoms. The summed E-state index contributed by atoms with van der Waals surface area (Å²) in [5.41, 5.74) is -0.528. The van der Waals surface area contributed by atoms with E-state index in [0.29, 0.717) is 6.04 Å². The zero-order chi connectivity index (χ0) is 14.8. The summed E-state index contributed by atoms with van der Waals surface area (Å²) >= 11 is 0. The Kier molecular flexibility index (Phi) is 4.59. The van der Waals surface area contributed by atoms with Gasteiger partial charge in [0.25, 0.3) is 0 Å². The maximum atomic E-state index is 11.9. The molecule has 5 nitrogen and oxygen atoms in total. The predicted octanol–water partition coefficient (Wildman–Crippen LogP) is 1.73. The predicted molar refractivity (Wildman–Crippen MR) is 79.9 cm³/mol. The second kappa shape index (κ2) is 5.90. The Balaban J connectivity index is 1.79. The number of carbonyl (C=O) groups is 1. The highest BCUT2D eigenvalue weighted by Gasteiger charge is 2.40. The van der Waals surface area contributed by atoms with Crippen LogP contribution in [-0.4, -0.2) is 54.9 Å². The minimum Gasteiger partial charge on any atom is -0.444 e. The van der Waals surface area contributed by atoms with Crippen LogP contribution in [0.4, 0.5) is 4.79 Å². The van der Waals surface area contributed by atoms with Gasteiger partial charge in [0.2, 0.25) is 0 Å². The van der Waals surface area contributed by atoms with Gasteiger partial charge in [0.1, 0.15) is 5.60 Å². The van der Waals surface area contributed by atoms with Crippen LogP contribution in [0.3, 0.4) is 0 Å². The Morgan fingerprint density at radius 2 is 2.10 bits per heavy atom. The summed E-state index contributed by atoms with van der Waals surface area (Å²) in [5.74, 6) is 0. The van der Waals surface area contributed by atoms with Crippen molar-refractivity contribution in [2.45, 2.75) is 63.6 Å². The molecule has 1 atom stereocenters. The van der Waals surface area contributed by atoms with Gasteiger partial charge in [-0.3, -0.25) is 0 Å². The molecule has 116 valence electrons. The Hall–Kier alpha value is -0.810. The molecule has 1 saturated carbocycles. The second-order valence-electron chi connectivity index (χ2n) is 7.39. The molecule has 0 radical (unpaired) electrons. The molecule has 1 saturated heterocycles. The van der Waals surface area contributed by atoms with Crippen molar-refractivity contribution in [3.63, 3.8) is 0 Å². The van der Waals surface area contributed by atoms with E-state index in [2.05, 4.69) is 22.6 Å². The van der Waals surface area contributed by atoms with Crippen molar-refractivity contribution in [3.05, 3.63) is 0 Å². The van der Waals surface area contributed by atoms with Gasteiger partial charge in [0.05, 0.1) is 5.54 Å². The highest BCUT2D eigenvalue weighted by Crippen LogP contribution is 2.32. The molecule has 2 fully saturated rings. The lowest BCUT2D eigenvalue weighted by molar-refractivity contribution is 0.0379. The van der Waals surface area contributed by atoms with Crippen LogP contribution in [-0.2, 0) is 4.74 Å². The summed E-state index contributed by atoms with van der Waals surface area (Å²) in [5, 5.41) is 6.70. The molecule has 0 aromatic carbocycles. The largest absolute Gasteiger partial charge is 0.444 e. The maximum Gasteiger partial charge on any atom is 0.408 e. The number of nitrogens with zero attached hydrogens (tertiary/aromatic N) is 1. The van der Waals surface area contributed by atoms with Gasteiger partial charge in [-0.15, -0.1) is 0 Å². The molecule has 20 heavy (non-hydrogen) atoms. The molecular weight excluding hydrogens is 254 g/mol. The number of ether oxygens (including phenoxy) is 1. The van der Waals surface area contributed by atoms with Gasteiger partial charge < -0.3 is 20.3 Å². The standard InChI is InChI=1S/C15H29N3O2/c1-14(2,3)20-13(19)17-15(7-5-8-15)11-16-12-6-9-18(4)10-12/h12,16H,5-11H2,1-4H3,(H,17,19). The third kappa shape index (κ3) is 4.35. The summed E-state index contributed by atoms with van der Waals surface area (Å²) in [7, 11) is 2.15. The van der Waals surface area contributed by atoms with E-state index in [9.17, 15) is 4.79 Å². The third-order valence-electron chi connectivity index (χ3n) is 4.20. The molecule has 2 aliphatic rings. The minimum atomic E-state index is -0.434. The van der Waals surface area contributed by atoms with E-state index in [1.807, 2.05) is 20.8 Å². The fourth-order valence-corrected chi connectivity index (χ4v) is 2.91. The zero-order valence-corrected chi connectivity index (χ0v) is 13.3. The number of nitrogens with one attached hydrogen (secondary N) is 2. The fourth-order valence-electron chi connectivity index (χ4n) is 2.91. The van der Waals surface area contributed by atoms with Crippen LogP contribution in [0.1, 0.15) is 46.5 Å². The Labute approximate surface area is 122 Å². The Bertz CT molecular complexity index is 348. The lowest BCUT2D eigenvalue weighted by Gasteiger charge is -2.43. The highest BCUT2D eigenvalue weighted by atomic mass is 16.6. The number of hydrogen-bond acceptors (Lipinski definition) is 4. The third-order valence-corrected chi connectivity index (χ3v) is 4.20. The SMILES string of the molecule is CN1CCC(NCC2(NC(=O)OC(C)(C)C)CCC2)C1. The Morgan fingerprint density at radius 3 is 2.55 bits per heavy atom. The van der Waals surface area contributed by atoms with Gasteiger partial charge in [0.15, 0.2) is 0 Å². The average Bonchev–Trinajstić information content (AvgIpc) is 2.65. The number of hydrogen-bond donors (Lipinski definition) is 2. The van der Waals surface area contributed by atoms with Gasteiger partial charge in [0, 0.05) is 19.1 Å². The number of carbonyl (C=O) groups excluding carboxylic acids is 1. The molecule has 1 aliphatic carbocycles. The van der Waals surface area contributed by atoms with Gasteiger partial charge in [-0.25, -0.2) is 4.79 Å². The summed E-state index contributed by atoms with van der Waals surface area (Å²) in [4.78, 5) is 14.3. The molecule has 1 unspecified atom stereocenters. The molecule has 2 N–H and O–H groups in total. The molecule has 0 aromatic rings. The molecule has 1 aliphatic heterocycles. The van der Waals surface area contributed by atoms with Crippen LogP contribution < -0.4 is 10.6 Å². The van der Waals surface area contributed by atoms with E-state index >= 15 is 0 Å². The van der Waals surface area contributed by atoms with Crippen molar-refractivity contribution in [3.8, 4) is 0 Å². The molecule has 2 rings (SSSR count). The van der Waals surface area contributed by atoms with E-state index in [0.717, 1.165) is 32.5 Å². The van der Waals surface area contributed by atoms with Crippen LogP contribution >= 0.6 is 0 Å².